The van der Waals surface area contributed by atoms with Crippen molar-refractivity contribution in [1.29, 1.82) is 0 Å². The lowest BCUT2D eigenvalue weighted by atomic mass is 9.78. The van der Waals surface area contributed by atoms with Gasteiger partial charge in [0.25, 0.3) is 0 Å². The normalized spacial score (nSPS) is 28.1. The van der Waals surface area contributed by atoms with Crippen LogP contribution in [-0.2, 0) is 5.60 Å². The van der Waals surface area contributed by atoms with Crippen molar-refractivity contribution in [3.63, 3.8) is 0 Å². The molecule has 1 unspecified atom stereocenters. The fraction of sp³-hybridized carbons (Fsp3) is 0.538. The monoisotopic (exact) mass is 258 g/mol. The number of thioether (sulfide) groups is 1. The molecule has 0 aromatic heterocycles. The minimum absolute atomic E-state index is 0.119. The molecule has 1 aliphatic heterocycles. The maximum absolute atomic E-state index is 13.7. The zero-order valence-corrected chi connectivity index (χ0v) is 10.8. The van der Waals surface area contributed by atoms with Crippen LogP contribution in [0.5, 0.6) is 0 Å². The van der Waals surface area contributed by atoms with Gasteiger partial charge >= 0.3 is 0 Å². The van der Waals surface area contributed by atoms with E-state index in [4.69, 9.17) is 0 Å². The summed E-state index contributed by atoms with van der Waals surface area (Å²) in [6.45, 7) is 4.01. The molecule has 1 saturated heterocycles. The van der Waals surface area contributed by atoms with Gasteiger partial charge in [0, 0.05) is 5.75 Å². The van der Waals surface area contributed by atoms with E-state index in [9.17, 15) is 13.9 Å². The quantitative estimate of drug-likeness (QED) is 0.834. The highest BCUT2D eigenvalue weighted by Crippen LogP contribution is 2.45. The second-order valence-corrected chi connectivity index (χ2v) is 6.45. The molecular weight excluding hydrogens is 242 g/mol. The Kier molecular flexibility index (Phi) is 3.21. The number of hydrogen-bond donors (Lipinski definition) is 1. The third-order valence-electron chi connectivity index (χ3n) is 3.03. The molecule has 1 fully saturated rings. The molecule has 1 heterocycles. The molecule has 1 atom stereocenters. The SMILES string of the molecule is CC1(C)CSCC(O)(c2c(F)cccc2F)C1. The molecule has 4 heteroatoms. The molecule has 94 valence electrons. The van der Waals surface area contributed by atoms with Crippen LogP contribution in [0.15, 0.2) is 18.2 Å². The Hall–Kier alpha value is -0.610. The Morgan fingerprint density at radius 2 is 1.76 bits per heavy atom. The van der Waals surface area contributed by atoms with E-state index in [0.29, 0.717) is 12.2 Å². The van der Waals surface area contributed by atoms with E-state index in [2.05, 4.69) is 0 Å². The van der Waals surface area contributed by atoms with Crippen LogP contribution >= 0.6 is 11.8 Å². The van der Waals surface area contributed by atoms with E-state index in [1.165, 1.54) is 30.0 Å². The first-order valence-corrected chi connectivity index (χ1v) is 6.74. The molecule has 1 N–H and O–H groups in total. The first kappa shape index (κ1) is 12.8. The Morgan fingerprint density at radius 1 is 1.18 bits per heavy atom. The van der Waals surface area contributed by atoms with E-state index in [0.717, 1.165) is 5.75 Å². The van der Waals surface area contributed by atoms with Crippen molar-refractivity contribution in [2.75, 3.05) is 11.5 Å². The molecule has 1 aromatic carbocycles. The summed E-state index contributed by atoms with van der Waals surface area (Å²) in [5, 5.41) is 10.5. The lowest BCUT2D eigenvalue weighted by Gasteiger charge is -2.41. The predicted molar refractivity (Wildman–Crippen MR) is 66.0 cm³/mol. The summed E-state index contributed by atoms with van der Waals surface area (Å²) >= 11 is 1.54. The van der Waals surface area contributed by atoms with Gasteiger partial charge in [-0.15, -0.1) is 0 Å². The highest BCUT2D eigenvalue weighted by molar-refractivity contribution is 7.99. The topological polar surface area (TPSA) is 20.2 Å². The summed E-state index contributed by atoms with van der Waals surface area (Å²) in [7, 11) is 0. The molecule has 0 amide bonds. The smallest absolute Gasteiger partial charge is 0.132 e. The van der Waals surface area contributed by atoms with Crippen molar-refractivity contribution >= 4 is 11.8 Å². The molecule has 0 bridgehead atoms. The molecule has 2 rings (SSSR count). The Balaban J connectivity index is 2.44. The minimum atomic E-state index is -1.40. The zero-order chi connectivity index (χ0) is 12.7. The number of benzene rings is 1. The number of rotatable bonds is 1. The maximum Gasteiger partial charge on any atom is 0.132 e. The first-order chi connectivity index (χ1) is 7.84. The van der Waals surface area contributed by atoms with Gasteiger partial charge in [-0.25, -0.2) is 8.78 Å². The largest absolute Gasteiger partial charge is 0.384 e. The summed E-state index contributed by atoms with van der Waals surface area (Å²) in [4.78, 5) is 0. The average molecular weight is 258 g/mol. The van der Waals surface area contributed by atoms with E-state index in [1.54, 1.807) is 0 Å². The Bertz CT molecular complexity index is 413. The van der Waals surface area contributed by atoms with E-state index < -0.39 is 17.2 Å². The van der Waals surface area contributed by atoms with Crippen molar-refractivity contribution < 1.29 is 13.9 Å². The van der Waals surface area contributed by atoms with Crippen LogP contribution < -0.4 is 0 Å². The van der Waals surface area contributed by atoms with Crippen LogP contribution in [0.3, 0.4) is 0 Å². The van der Waals surface area contributed by atoms with Gasteiger partial charge in [-0.05, 0) is 29.7 Å². The highest BCUT2D eigenvalue weighted by Gasteiger charge is 2.43. The molecule has 0 aliphatic carbocycles. The van der Waals surface area contributed by atoms with Crippen LogP contribution in [0, 0.1) is 17.0 Å². The van der Waals surface area contributed by atoms with Crippen LogP contribution in [0.25, 0.3) is 0 Å². The third kappa shape index (κ3) is 2.47. The van der Waals surface area contributed by atoms with Gasteiger partial charge in [0.1, 0.15) is 17.2 Å². The molecule has 1 nitrogen and oxygen atoms in total. The summed E-state index contributed by atoms with van der Waals surface area (Å²) < 4.78 is 27.4. The molecular formula is C13H16F2OS. The lowest BCUT2D eigenvalue weighted by molar-refractivity contribution is 0.00930. The molecule has 1 aliphatic rings. The lowest BCUT2D eigenvalue weighted by Crippen LogP contribution is -2.41. The van der Waals surface area contributed by atoms with Crippen molar-refractivity contribution in [2.24, 2.45) is 5.41 Å². The summed E-state index contributed by atoms with van der Waals surface area (Å²) in [6, 6.07) is 3.71. The second-order valence-electron chi connectivity index (χ2n) is 5.46. The zero-order valence-electron chi connectivity index (χ0n) is 9.96. The fourth-order valence-electron chi connectivity index (χ4n) is 2.49. The van der Waals surface area contributed by atoms with Gasteiger partial charge in [0.05, 0.1) is 5.56 Å². The van der Waals surface area contributed by atoms with Gasteiger partial charge in [-0.1, -0.05) is 19.9 Å². The molecule has 17 heavy (non-hydrogen) atoms. The van der Waals surface area contributed by atoms with Gasteiger partial charge in [-0.2, -0.15) is 11.8 Å². The Labute approximate surface area is 104 Å². The third-order valence-corrected chi connectivity index (χ3v) is 4.70. The van der Waals surface area contributed by atoms with Crippen molar-refractivity contribution in [2.45, 2.75) is 25.9 Å². The number of hydrogen-bond acceptors (Lipinski definition) is 2. The maximum atomic E-state index is 13.7. The summed E-state index contributed by atoms with van der Waals surface area (Å²) in [5.74, 6) is -0.0868. The van der Waals surface area contributed by atoms with Gasteiger partial charge in [0.2, 0.25) is 0 Å². The predicted octanol–water partition coefficient (Wildman–Crippen LogP) is 3.32. The van der Waals surface area contributed by atoms with Crippen molar-refractivity contribution in [3.8, 4) is 0 Å². The Morgan fingerprint density at radius 3 is 2.29 bits per heavy atom. The van der Waals surface area contributed by atoms with Crippen LogP contribution in [0.4, 0.5) is 8.78 Å². The van der Waals surface area contributed by atoms with Crippen molar-refractivity contribution in [1.82, 2.24) is 0 Å². The molecule has 1 aromatic rings. The summed E-state index contributed by atoms with van der Waals surface area (Å²) in [5.41, 5.74) is -1.70. The average Bonchev–Trinajstić information content (AvgIpc) is 2.14. The van der Waals surface area contributed by atoms with Crippen LogP contribution in [0.1, 0.15) is 25.8 Å². The van der Waals surface area contributed by atoms with Crippen LogP contribution in [0.2, 0.25) is 0 Å². The molecule has 0 radical (unpaired) electrons. The van der Waals surface area contributed by atoms with E-state index in [-0.39, 0.29) is 11.0 Å². The summed E-state index contributed by atoms with van der Waals surface area (Å²) in [6.07, 6.45) is 0.380. The van der Waals surface area contributed by atoms with Gasteiger partial charge in [0.15, 0.2) is 0 Å². The standard InChI is InChI=1S/C13H16F2OS/c1-12(2)6-13(16,8-17-7-12)11-9(14)4-3-5-10(11)15/h3-5,16H,6-8H2,1-2H3. The van der Waals surface area contributed by atoms with Crippen LogP contribution in [-0.4, -0.2) is 16.6 Å². The van der Waals surface area contributed by atoms with Gasteiger partial charge < -0.3 is 5.11 Å². The fourth-order valence-corrected chi connectivity index (χ4v) is 3.83. The van der Waals surface area contributed by atoms with E-state index in [1.807, 2.05) is 13.8 Å². The van der Waals surface area contributed by atoms with Gasteiger partial charge in [-0.3, -0.25) is 0 Å². The molecule has 0 spiro atoms. The second kappa shape index (κ2) is 4.25. The highest BCUT2D eigenvalue weighted by atomic mass is 32.2. The number of aliphatic hydroxyl groups is 1. The van der Waals surface area contributed by atoms with Crippen molar-refractivity contribution in [3.05, 3.63) is 35.4 Å². The minimum Gasteiger partial charge on any atom is -0.384 e. The number of halogens is 2. The molecule has 0 saturated carbocycles. The van der Waals surface area contributed by atoms with E-state index >= 15 is 0 Å². The first-order valence-electron chi connectivity index (χ1n) is 5.59.